The van der Waals surface area contributed by atoms with Crippen molar-refractivity contribution in [2.45, 2.75) is 44.5 Å². The van der Waals surface area contributed by atoms with Crippen molar-refractivity contribution in [1.82, 2.24) is 10.2 Å². The molecule has 1 atom stereocenters. The summed E-state index contributed by atoms with van der Waals surface area (Å²) in [6, 6.07) is 0. The predicted molar refractivity (Wildman–Crippen MR) is 76.4 cm³/mol. The molecule has 2 rings (SSSR count). The first kappa shape index (κ1) is 14.0. The van der Waals surface area contributed by atoms with Crippen molar-refractivity contribution >= 4 is 40.0 Å². The maximum atomic E-state index is 6.07. The van der Waals surface area contributed by atoms with Crippen LogP contribution in [0.4, 0.5) is 0 Å². The Morgan fingerprint density at radius 2 is 2.22 bits per heavy atom. The summed E-state index contributed by atoms with van der Waals surface area (Å²) in [5.74, 6) is 0. The van der Waals surface area contributed by atoms with E-state index in [2.05, 4.69) is 22.3 Å². The fraction of sp³-hybridized carbons (Fsp3) is 0.636. The molecule has 0 fully saturated rings. The largest absolute Gasteiger partial charge is 0.389 e. The van der Waals surface area contributed by atoms with Crippen LogP contribution in [-0.4, -0.2) is 20.8 Å². The molecule has 0 saturated heterocycles. The van der Waals surface area contributed by atoms with Gasteiger partial charge in [0.05, 0.1) is 0 Å². The van der Waals surface area contributed by atoms with Gasteiger partial charge < -0.3 is 4.84 Å². The molecule has 0 spiro atoms. The fourth-order valence-electron chi connectivity index (χ4n) is 1.76. The molecule has 1 aliphatic rings. The lowest BCUT2D eigenvalue weighted by molar-refractivity contribution is 0.0123. The minimum absolute atomic E-state index is 0.139. The van der Waals surface area contributed by atoms with Gasteiger partial charge >= 0.3 is 0 Å². The van der Waals surface area contributed by atoms with E-state index < -0.39 is 0 Å². The van der Waals surface area contributed by atoms with Crippen LogP contribution < -0.4 is 0 Å². The summed E-state index contributed by atoms with van der Waals surface area (Å²) in [7, 11) is 0. The summed E-state index contributed by atoms with van der Waals surface area (Å²) in [6.07, 6.45) is 1.70. The average Bonchev–Trinajstić information content (AvgIpc) is 2.80. The zero-order valence-electron chi connectivity index (χ0n) is 10.5. The molecule has 1 aromatic rings. The number of oxime groups is 1. The number of halogens is 2. The average molecular weight is 308 g/mol. The van der Waals surface area contributed by atoms with Gasteiger partial charge in [0.25, 0.3) is 0 Å². The summed E-state index contributed by atoms with van der Waals surface area (Å²) < 4.78 is 0. The third kappa shape index (κ3) is 2.95. The Morgan fingerprint density at radius 1 is 1.50 bits per heavy atom. The fourth-order valence-corrected chi connectivity index (χ4v) is 3.82. The van der Waals surface area contributed by atoms with Gasteiger partial charge in [-0.15, -0.1) is 0 Å². The Labute approximate surface area is 120 Å². The predicted octanol–water partition coefficient (Wildman–Crippen LogP) is 4.41. The van der Waals surface area contributed by atoms with Crippen molar-refractivity contribution in [2.24, 2.45) is 5.16 Å². The second-order valence-corrected chi connectivity index (χ2v) is 6.78. The van der Waals surface area contributed by atoms with Crippen LogP contribution in [-0.2, 0) is 4.84 Å². The number of nitrogens with zero attached hydrogens (tertiary/aromatic N) is 2. The van der Waals surface area contributed by atoms with Gasteiger partial charge in [-0.2, -0.15) is 5.10 Å². The lowest BCUT2D eigenvalue weighted by Crippen LogP contribution is -2.18. The molecule has 0 amide bonds. The Balaban J connectivity index is 2.12. The SMILES string of the molecule is CCC(SC1=NOC(C)(C)C1)c1c(Cl)n[nH]c1Cl. The quantitative estimate of drug-likeness (QED) is 0.899. The number of nitrogens with one attached hydrogen (secondary N) is 1. The topological polar surface area (TPSA) is 50.3 Å². The Hall–Kier alpha value is -0.390. The van der Waals surface area contributed by atoms with Gasteiger partial charge in [0.15, 0.2) is 5.15 Å². The molecule has 0 aromatic carbocycles. The van der Waals surface area contributed by atoms with Crippen molar-refractivity contribution in [3.05, 3.63) is 15.9 Å². The van der Waals surface area contributed by atoms with E-state index in [1.807, 2.05) is 13.8 Å². The van der Waals surface area contributed by atoms with Crippen LogP contribution in [0.2, 0.25) is 10.3 Å². The van der Waals surface area contributed by atoms with Gasteiger partial charge in [-0.25, -0.2) is 0 Å². The molecule has 4 nitrogen and oxygen atoms in total. The van der Waals surface area contributed by atoms with Gasteiger partial charge in [0, 0.05) is 17.2 Å². The normalized spacial score (nSPS) is 19.5. The lowest BCUT2D eigenvalue weighted by Gasteiger charge is -2.15. The third-order valence-electron chi connectivity index (χ3n) is 2.65. The van der Waals surface area contributed by atoms with E-state index >= 15 is 0 Å². The minimum atomic E-state index is -0.218. The molecule has 7 heteroatoms. The molecule has 2 heterocycles. The van der Waals surface area contributed by atoms with Crippen molar-refractivity contribution in [2.75, 3.05) is 0 Å². The summed E-state index contributed by atoms with van der Waals surface area (Å²) in [5, 5.41) is 12.8. The van der Waals surface area contributed by atoms with Crippen LogP contribution in [0.25, 0.3) is 0 Å². The highest BCUT2D eigenvalue weighted by Crippen LogP contribution is 2.42. The molecule has 0 bridgehead atoms. The molecule has 0 saturated carbocycles. The van der Waals surface area contributed by atoms with Crippen molar-refractivity contribution in [1.29, 1.82) is 0 Å². The molecule has 0 aliphatic carbocycles. The van der Waals surface area contributed by atoms with E-state index in [0.717, 1.165) is 23.4 Å². The van der Waals surface area contributed by atoms with E-state index in [0.29, 0.717) is 10.3 Å². The van der Waals surface area contributed by atoms with Crippen LogP contribution in [0.15, 0.2) is 5.16 Å². The van der Waals surface area contributed by atoms with Gasteiger partial charge in [-0.05, 0) is 20.3 Å². The van der Waals surface area contributed by atoms with E-state index in [1.54, 1.807) is 11.8 Å². The second-order valence-electron chi connectivity index (χ2n) is 4.77. The minimum Gasteiger partial charge on any atom is -0.389 e. The highest BCUT2D eigenvalue weighted by molar-refractivity contribution is 8.14. The smallest absolute Gasteiger partial charge is 0.156 e. The molecule has 0 radical (unpaired) electrons. The van der Waals surface area contributed by atoms with Crippen LogP contribution in [0.5, 0.6) is 0 Å². The molecule has 100 valence electrons. The van der Waals surface area contributed by atoms with Crippen LogP contribution in [0, 0.1) is 0 Å². The first-order chi connectivity index (χ1) is 8.43. The number of aromatic nitrogens is 2. The third-order valence-corrected chi connectivity index (χ3v) is 4.57. The van der Waals surface area contributed by atoms with Gasteiger partial charge in [0.1, 0.15) is 15.8 Å². The highest BCUT2D eigenvalue weighted by atomic mass is 35.5. The Bertz CT molecular complexity index is 453. The van der Waals surface area contributed by atoms with Crippen LogP contribution in [0.1, 0.15) is 44.4 Å². The highest BCUT2D eigenvalue weighted by Gasteiger charge is 2.32. The zero-order chi connectivity index (χ0) is 13.3. The van der Waals surface area contributed by atoms with Crippen LogP contribution in [0.3, 0.4) is 0 Å². The molecule has 1 N–H and O–H groups in total. The van der Waals surface area contributed by atoms with Gasteiger partial charge in [-0.3, -0.25) is 5.10 Å². The first-order valence-corrected chi connectivity index (χ1v) is 7.37. The van der Waals surface area contributed by atoms with E-state index in [1.165, 1.54) is 0 Å². The Kier molecular flexibility index (Phi) is 4.14. The molecule has 1 unspecified atom stereocenters. The van der Waals surface area contributed by atoms with E-state index in [-0.39, 0.29) is 10.9 Å². The number of hydrogen-bond donors (Lipinski definition) is 1. The maximum Gasteiger partial charge on any atom is 0.156 e. The first-order valence-electron chi connectivity index (χ1n) is 5.74. The molecule has 18 heavy (non-hydrogen) atoms. The summed E-state index contributed by atoms with van der Waals surface area (Å²) in [6.45, 7) is 6.12. The second kappa shape index (κ2) is 5.31. The Morgan fingerprint density at radius 3 is 2.67 bits per heavy atom. The number of aromatic amines is 1. The van der Waals surface area contributed by atoms with E-state index in [9.17, 15) is 0 Å². The summed E-state index contributed by atoms with van der Waals surface area (Å²) >= 11 is 13.8. The van der Waals surface area contributed by atoms with Crippen LogP contribution >= 0.6 is 35.0 Å². The van der Waals surface area contributed by atoms with Gasteiger partial charge in [-0.1, -0.05) is 47.0 Å². The zero-order valence-corrected chi connectivity index (χ0v) is 12.8. The molecular formula is C11H15Cl2N3OS. The summed E-state index contributed by atoms with van der Waals surface area (Å²) in [5.41, 5.74) is 0.628. The lowest BCUT2D eigenvalue weighted by atomic mass is 10.1. The van der Waals surface area contributed by atoms with Crippen molar-refractivity contribution in [3.8, 4) is 0 Å². The number of H-pyrrole nitrogens is 1. The van der Waals surface area contributed by atoms with Crippen molar-refractivity contribution < 1.29 is 4.84 Å². The number of hydrogen-bond acceptors (Lipinski definition) is 4. The maximum absolute atomic E-state index is 6.07. The number of thioether (sulfide) groups is 1. The number of rotatable bonds is 3. The summed E-state index contributed by atoms with van der Waals surface area (Å²) in [4.78, 5) is 5.35. The van der Waals surface area contributed by atoms with E-state index in [4.69, 9.17) is 28.0 Å². The molecule has 1 aliphatic heterocycles. The molecule has 1 aromatic heterocycles. The monoisotopic (exact) mass is 307 g/mol. The van der Waals surface area contributed by atoms with Gasteiger partial charge in [0.2, 0.25) is 0 Å². The molecular weight excluding hydrogens is 293 g/mol. The van der Waals surface area contributed by atoms with Crippen molar-refractivity contribution in [3.63, 3.8) is 0 Å². The standard InChI is InChI=1S/C11H15Cl2N3OS/c1-4-6(8-9(12)14-15-10(8)13)18-7-5-11(2,3)17-16-7/h6H,4-5H2,1-3H3,(H,14,15).